The van der Waals surface area contributed by atoms with E-state index in [0.29, 0.717) is 24.2 Å². The molecular weight excluding hydrogens is 384 g/mol. The van der Waals surface area contributed by atoms with Crippen LogP contribution in [0.25, 0.3) is 0 Å². The van der Waals surface area contributed by atoms with E-state index in [0.717, 1.165) is 35.8 Å². The summed E-state index contributed by atoms with van der Waals surface area (Å²) in [6.07, 6.45) is 15.2. The number of rotatable bonds is 7. The van der Waals surface area contributed by atoms with Gasteiger partial charge in [0.2, 0.25) is 0 Å². The van der Waals surface area contributed by atoms with Gasteiger partial charge in [-0.1, -0.05) is 57.4 Å². The summed E-state index contributed by atoms with van der Waals surface area (Å²) >= 11 is 0. The summed E-state index contributed by atoms with van der Waals surface area (Å²) < 4.78 is 0. The molecule has 3 saturated carbocycles. The number of hydrogen-bond acceptors (Lipinski definition) is 3. The average Bonchev–Trinajstić information content (AvgIpc) is 3.03. The Morgan fingerprint density at radius 1 is 1.19 bits per heavy atom. The molecule has 6 atom stereocenters. The van der Waals surface area contributed by atoms with E-state index in [1.807, 2.05) is 13.8 Å². The van der Waals surface area contributed by atoms with E-state index in [2.05, 4.69) is 32.6 Å². The van der Waals surface area contributed by atoms with Crippen LogP contribution in [0.3, 0.4) is 0 Å². The molecule has 0 aromatic heterocycles. The van der Waals surface area contributed by atoms with Crippen LogP contribution in [-0.4, -0.2) is 33.1 Å². The van der Waals surface area contributed by atoms with Crippen molar-refractivity contribution in [3.8, 4) is 0 Å². The number of hydrogen-bond donors (Lipinski definition) is 3. The minimum Gasteiger partial charge on any atom is -0.393 e. The lowest BCUT2D eigenvalue weighted by Gasteiger charge is -2.44. The van der Waals surface area contributed by atoms with Crippen molar-refractivity contribution >= 4 is 0 Å². The van der Waals surface area contributed by atoms with Crippen LogP contribution in [0.5, 0.6) is 0 Å². The molecule has 3 aliphatic carbocycles. The van der Waals surface area contributed by atoms with Crippen LogP contribution >= 0.6 is 0 Å². The van der Waals surface area contributed by atoms with Crippen molar-refractivity contribution in [3.63, 3.8) is 0 Å². The molecular formula is C28H46O3. The minimum absolute atomic E-state index is 0.390. The minimum atomic E-state index is -0.613. The van der Waals surface area contributed by atoms with Gasteiger partial charge in [0, 0.05) is 6.42 Å². The molecule has 5 unspecified atom stereocenters. The Bertz CT molecular complexity index is 698. The molecule has 3 fully saturated rings. The lowest BCUT2D eigenvalue weighted by Crippen LogP contribution is -2.36. The Kier molecular flexibility index (Phi) is 7.92. The van der Waals surface area contributed by atoms with Crippen LogP contribution in [0.2, 0.25) is 0 Å². The van der Waals surface area contributed by atoms with E-state index in [1.165, 1.54) is 44.9 Å². The maximum Gasteiger partial charge on any atom is 0.0811 e. The third-order valence-electron chi connectivity index (χ3n) is 8.69. The number of aliphatic hydroxyl groups excluding tert-OH is 2. The van der Waals surface area contributed by atoms with Gasteiger partial charge in [-0.3, -0.25) is 0 Å². The van der Waals surface area contributed by atoms with E-state index in [1.54, 1.807) is 5.57 Å². The molecule has 3 heteroatoms. The first-order chi connectivity index (χ1) is 14.5. The van der Waals surface area contributed by atoms with Crippen molar-refractivity contribution < 1.29 is 15.3 Å². The van der Waals surface area contributed by atoms with Crippen molar-refractivity contribution in [2.45, 2.75) is 116 Å². The van der Waals surface area contributed by atoms with Gasteiger partial charge in [0.25, 0.3) is 0 Å². The summed E-state index contributed by atoms with van der Waals surface area (Å²) in [7, 11) is 0. The lowest BCUT2D eigenvalue weighted by molar-refractivity contribution is 0.0650. The molecule has 176 valence electrons. The van der Waals surface area contributed by atoms with E-state index >= 15 is 0 Å². The second-order valence-electron chi connectivity index (χ2n) is 11.7. The summed E-state index contributed by atoms with van der Waals surface area (Å²) in [6, 6.07) is 0. The molecule has 0 aliphatic heterocycles. The lowest BCUT2D eigenvalue weighted by atomic mass is 9.60. The standard InChI is InChI=1S/C28H46O3/c1-19(9-6-7-15-27(3,4)31)24-13-14-25-21(10-8-16-28(24,25)5)11-12-22-17-23(29)18-26(30)20(22)2/h11-12,19,23-26,29-31H,2,6-10,13-18H2,1,3-5H3/t19?,23?,24?,25?,26?,28-/m1/s1. The predicted molar refractivity (Wildman–Crippen MR) is 129 cm³/mol. The zero-order chi connectivity index (χ0) is 22.8. The van der Waals surface area contributed by atoms with Crippen molar-refractivity contribution in [1.82, 2.24) is 0 Å². The summed E-state index contributed by atoms with van der Waals surface area (Å²) in [6.45, 7) is 12.9. The highest BCUT2D eigenvalue weighted by Gasteiger charge is 2.50. The predicted octanol–water partition coefficient (Wildman–Crippen LogP) is 6.09. The largest absolute Gasteiger partial charge is 0.393 e. The number of allylic oxidation sites excluding steroid dienone is 3. The van der Waals surface area contributed by atoms with Gasteiger partial charge in [-0.05, 0) is 93.1 Å². The summed E-state index contributed by atoms with van der Waals surface area (Å²) in [5, 5.41) is 30.2. The van der Waals surface area contributed by atoms with Gasteiger partial charge in [0.05, 0.1) is 17.8 Å². The van der Waals surface area contributed by atoms with Gasteiger partial charge in [-0.25, -0.2) is 0 Å². The van der Waals surface area contributed by atoms with Crippen LogP contribution in [-0.2, 0) is 0 Å². The molecule has 3 aliphatic rings. The molecule has 3 rings (SSSR count). The SMILES string of the molecule is C=C1C(=CC=C2CCC[C@@]3(C)C2CCC3C(C)CCCCC(C)(C)O)CC(O)CC1O. The van der Waals surface area contributed by atoms with Crippen molar-refractivity contribution in [2.24, 2.45) is 23.2 Å². The van der Waals surface area contributed by atoms with Gasteiger partial charge >= 0.3 is 0 Å². The number of aliphatic hydroxyl groups is 3. The first-order valence-electron chi connectivity index (χ1n) is 12.7. The topological polar surface area (TPSA) is 60.7 Å². The summed E-state index contributed by atoms with van der Waals surface area (Å²) in [5.74, 6) is 2.18. The number of fused-ring (bicyclic) bond motifs is 1. The third-order valence-corrected chi connectivity index (χ3v) is 8.69. The highest BCUT2D eigenvalue weighted by molar-refractivity contribution is 5.38. The van der Waals surface area contributed by atoms with Gasteiger partial charge in [0.1, 0.15) is 0 Å². The Morgan fingerprint density at radius 2 is 1.94 bits per heavy atom. The van der Waals surface area contributed by atoms with Crippen molar-refractivity contribution in [2.75, 3.05) is 0 Å². The monoisotopic (exact) mass is 430 g/mol. The fourth-order valence-electron chi connectivity index (χ4n) is 6.90. The normalized spacial score (nSPS) is 38.0. The van der Waals surface area contributed by atoms with E-state index in [4.69, 9.17) is 0 Å². The molecule has 0 aromatic rings. The molecule has 0 radical (unpaired) electrons. The van der Waals surface area contributed by atoms with E-state index in [9.17, 15) is 15.3 Å². The first kappa shape index (κ1) is 24.7. The smallest absolute Gasteiger partial charge is 0.0811 e. The van der Waals surface area contributed by atoms with Crippen LogP contribution in [0.4, 0.5) is 0 Å². The van der Waals surface area contributed by atoms with Crippen molar-refractivity contribution in [3.05, 3.63) is 35.5 Å². The van der Waals surface area contributed by atoms with Crippen LogP contribution in [0, 0.1) is 23.2 Å². The molecule has 31 heavy (non-hydrogen) atoms. The van der Waals surface area contributed by atoms with E-state index in [-0.39, 0.29) is 0 Å². The molecule has 3 nitrogen and oxygen atoms in total. The zero-order valence-electron chi connectivity index (χ0n) is 20.4. The third kappa shape index (κ3) is 5.92. The summed E-state index contributed by atoms with van der Waals surface area (Å²) in [4.78, 5) is 0. The maximum atomic E-state index is 10.1. The highest BCUT2D eigenvalue weighted by Crippen LogP contribution is 2.60. The fourth-order valence-corrected chi connectivity index (χ4v) is 6.90. The molecule has 0 amide bonds. The number of unbranched alkanes of at least 4 members (excludes halogenated alkanes) is 1. The Morgan fingerprint density at radius 3 is 2.65 bits per heavy atom. The highest BCUT2D eigenvalue weighted by atomic mass is 16.3. The molecule has 0 spiro atoms. The van der Waals surface area contributed by atoms with Gasteiger partial charge in [-0.2, -0.15) is 0 Å². The molecule has 0 saturated heterocycles. The second kappa shape index (κ2) is 9.93. The quantitative estimate of drug-likeness (QED) is 0.428. The molecule has 0 bridgehead atoms. The van der Waals surface area contributed by atoms with Gasteiger partial charge in [0.15, 0.2) is 0 Å². The van der Waals surface area contributed by atoms with Crippen molar-refractivity contribution in [1.29, 1.82) is 0 Å². The Labute approximate surface area is 190 Å². The van der Waals surface area contributed by atoms with Crippen LogP contribution in [0.1, 0.15) is 98.3 Å². The fraction of sp³-hybridized carbons (Fsp3) is 0.786. The molecule has 0 aromatic carbocycles. The first-order valence-corrected chi connectivity index (χ1v) is 12.7. The van der Waals surface area contributed by atoms with Gasteiger partial charge < -0.3 is 15.3 Å². The average molecular weight is 431 g/mol. The zero-order valence-corrected chi connectivity index (χ0v) is 20.4. The van der Waals surface area contributed by atoms with E-state index < -0.39 is 17.8 Å². The molecule has 0 heterocycles. The van der Waals surface area contributed by atoms with Gasteiger partial charge in [-0.15, -0.1) is 0 Å². The van der Waals surface area contributed by atoms with Crippen LogP contribution in [0.15, 0.2) is 35.5 Å². The van der Waals surface area contributed by atoms with Crippen LogP contribution < -0.4 is 0 Å². The Hall–Kier alpha value is -0.900. The Balaban J connectivity index is 1.66. The second-order valence-corrected chi connectivity index (χ2v) is 11.7. The molecule has 3 N–H and O–H groups in total. The summed E-state index contributed by atoms with van der Waals surface area (Å²) in [5.41, 5.74) is 3.22. The maximum absolute atomic E-state index is 10.1.